The van der Waals surface area contributed by atoms with E-state index < -0.39 is 18.0 Å². The monoisotopic (exact) mass is 620 g/mol. The van der Waals surface area contributed by atoms with Crippen LogP contribution in [0.2, 0.25) is 10.2 Å². The Morgan fingerprint density at radius 1 is 0.930 bits per heavy atom. The van der Waals surface area contributed by atoms with E-state index in [1.54, 1.807) is 65.6 Å². The van der Waals surface area contributed by atoms with Gasteiger partial charge in [0.2, 0.25) is 11.8 Å². The molecular weight excluding hydrogens is 595 g/mol. The summed E-state index contributed by atoms with van der Waals surface area (Å²) < 4.78 is 1.40. The van der Waals surface area contributed by atoms with Gasteiger partial charge >= 0.3 is 6.03 Å². The number of rotatable bonds is 7. The average Bonchev–Trinajstić information content (AvgIpc) is 3.66. The highest BCUT2D eigenvalue weighted by Gasteiger charge is 2.51. The summed E-state index contributed by atoms with van der Waals surface area (Å²) in [6.07, 6.45) is 2.37. The highest BCUT2D eigenvalue weighted by molar-refractivity contribution is 6.31. The van der Waals surface area contributed by atoms with Gasteiger partial charge < -0.3 is 26.6 Å². The Balaban J connectivity index is 1.21. The summed E-state index contributed by atoms with van der Waals surface area (Å²) >= 11 is 11.9. The lowest BCUT2D eigenvalue weighted by molar-refractivity contribution is -0.141. The number of fused-ring (bicyclic) bond motifs is 3. The lowest BCUT2D eigenvalue weighted by atomic mass is 9.97. The number of benzene rings is 2. The molecule has 43 heavy (non-hydrogen) atoms. The number of nitrogens with two attached hydrogens (primary N) is 1. The molecule has 1 saturated carbocycles. The largest absolute Gasteiger partial charge is 0.364 e. The second kappa shape index (κ2) is 11.5. The van der Waals surface area contributed by atoms with E-state index >= 15 is 0 Å². The van der Waals surface area contributed by atoms with Crippen LogP contribution in [0.15, 0.2) is 60.7 Å². The van der Waals surface area contributed by atoms with E-state index in [1.807, 2.05) is 0 Å². The van der Waals surface area contributed by atoms with Crippen LogP contribution in [0.4, 0.5) is 22.0 Å². The molecular formula is C29H26Cl2N8O4. The molecule has 0 spiro atoms. The van der Waals surface area contributed by atoms with Crippen molar-refractivity contribution in [3.05, 3.63) is 76.5 Å². The van der Waals surface area contributed by atoms with Gasteiger partial charge in [0.05, 0.1) is 5.52 Å². The molecule has 5 amide bonds. The van der Waals surface area contributed by atoms with E-state index in [4.69, 9.17) is 28.9 Å². The molecule has 12 nitrogen and oxygen atoms in total. The van der Waals surface area contributed by atoms with Gasteiger partial charge in [-0.25, -0.2) is 9.78 Å². The van der Waals surface area contributed by atoms with Crippen LogP contribution in [-0.4, -0.2) is 55.5 Å². The summed E-state index contributed by atoms with van der Waals surface area (Å²) in [5.74, 6) is -1.10. The maximum atomic E-state index is 13.7. The van der Waals surface area contributed by atoms with Crippen LogP contribution in [-0.2, 0) is 16.1 Å². The Morgan fingerprint density at radius 2 is 1.70 bits per heavy atom. The topological polar surface area (TPSA) is 164 Å². The van der Waals surface area contributed by atoms with Gasteiger partial charge in [-0.3, -0.25) is 19.1 Å². The van der Waals surface area contributed by atoms with E-state index in [0.29, 0.717) is 33.1 Å². The molecule has 1 aliphatic carbocycles. The quantitative estimate of drug-likeness (QED) is 0.222. The van der Waals surface area contributed by atoms with Crippen molar-refractivity contribution in [3.63, 3.8) is 0 Å². The molecule has 1 saturated heterocycles. The number of hydrogen-bond donors (Lipinski definition) is 4. The van der Waals surface area contributed by atoms with Crippen LogP contribution in [0.1, 0.15) is 29.8 Å². The first-order valence-corrected chi connectivity index (χ1v) is 14.3. The fourth-order valence-electron chi connectivity index (χ4n) is 5.99. The van der Waals surface area contributed by atoms with E-state index in [2.05, 4.69) is 26.0 Å². The van der Waals surface area contributed by atoms with Crippen LogP contribution in [0.25, 0.3) is 10.9 Å². The van der Waals surface area contributed by atoms with Gasteiger partial charge in [-0.1, -0.05) is 35.3 Å². The Kier molecular flexibility index (Phi) is 7.63. The van der Waals surface area contributed by atoms with E-state index in [-0.39, 0.29) is 41.2 Å². The number of likely N-dealkylation sites (tertiary alicyclic amines) is 1. The maximum Gasteiger partial charge on any atom is 0.323 e. The number of primary amides is 1. The number of aromatic nitrogens is 3. The zero-order valence-electron chi connectivity index (χ0n) is 22.6. The second-order valence-corrected chi connectivity index (χ2v) is 11.3. The van der Waals surface area contributed by atoms with Gasteiger partial charge in [0.15, 0.2) is 5.69 Å². The number of piperidine rings is 1. The molecule has 3 atom stereocenters. The molecule has 3 heterocycles. The van der Waals surface area contributed by atoms with Crippen LogP contribution in [0, 0.1) is 5.92 Å². The van der Waals surface area contributed by atoms with Crippen LogP contribution in [0.5, 0.6) is 0 Å². The van der Waals surface area contributed by atoms with E-state index in [1.165, 1.54) is 4.68 Å². The second-order valence-electron chi connectivity index (χ2n) is 10.5. The molecule has 2 aromatic heterocycles. The first kappa shape index (κ1) is 28.4. The summed E-state index contributed by atoms with van der Waals surface area (Å²) in [5.41, 5.74) is 6.92. The molecule has 0 unspecified atom stereocenters. The van der Waals surface area contributed by atoms with Crippen molar-refractivity contribution in [3.8, 4) is 0 Å². The first-order chi connectivity index (χ1) is 20.7. The maximum absolute atomic E-state index is 13.7. The summed E-state index contributed by atoms with van der Waals surface area (Å²) in [5, 5.41) is 13.6. The lowest BCUT2D eigenvalue weighted by Crippen LogP contribution is -2.52. The minimum absolute atomic E-state index is 0.0235. The Morgan fingerprint density at radius 3 is 2.44 bits per heavy atom. The molecule has 1 aliphatic heterocycles. The molecule has 4 aromatic rings. The Hall–Kier alpha value is -4.68. The molecule has 14 heteroatoms. The fourth-order valence-corrected chi connectivity index (χ4v) is 6.35. The first-order valence-electron chi connectivity index (χ1n) is 13.5. The van der Waals surface area contributed by atoms with Crippen molar-refractivity contribution in [2.24, 2.45) is 11.7 Å². The highest BCUT2D eigenvalue weighted by Crippen LogP contribution is 2.43. The van der Waals surface area contributed by atoms with E-state index in [9.17, 15) is 19.2 Å². The average molecular weight is 621 g/mol. The van der Waals surface area contributed by atoms with E-state index in [0.717, 1.165) is 19.3 Å². The smallest absolute Gasteiger partial charge is 0.323 e. The number of carbonyl (C=O) groups excluding carboxylic acids is 4. The molecule has 6 rings (SSSR count). The predicted octanol–water partition coefficient (Wildman–Crippen LogP) is 4.50. The zero-order valence-corrected chi connectivity index (χ0v) is 24.1. The van der Waals surface area contributed by atoms with Crippen molar-refractivity contribution in [2.45, 2.75) is 37.9 Å². The standard InChI is InChI=1S/C29H26Cl2N8O4/c30-16-3-1-4-17(12-16)33-29(43)34-18-8-10-21-20(13-18)25(27(32)41)37-38(21)14-24(40)39-19-9-7-15(11-19)26(39)28(42)36-23-6-2-5-22(31)35-23/h1-6,8,10,12-13,15,19,26H,7,9,11,14H2,(H2,32,41)(H2,33,34,43)(H,35,36,42)/t15-,19+,26-/m0/s1. The number of hydrogen-bond acceptors (Lipinski definition) is 6. The molecule has 2 fully saturated rings. The van der Waals surface area contributed by atoms with Crippen LogP contribution in [0.3, 0.4) is 0 Å². The number of carbonyl (C=O) groups is 4. The normalized spacial score (nSPS) is 18.9. The number of anilines is 3. The fraction of sp³-hybridized carbons (Fsp3) is 0.241. The number of pyridine rings is 1. The number of urea groups is 1. The van der Waals surface area contributed by atoms with Crippen molar-refractivity contribution >= 4 is 75.1 Å². The van der Waals surface area contributed by atoms with Gasteiger partial charge in [-0.15, -0.1) is 0 Å². The molecule has 0 radical (unpaired) electrons. The van der Waals surface area contributed by atoms with Gasteiger partial charge in [0, 0.05) is 27.8 Å². The SMILES string of the molecule is NC(=O)c1nn(CC(=O)N2[C@@H]3CC[C@@H](C3)[C@H]2C(=O)Nc2cccc(Cl)n2)c2ccc(NC(=O)Nc3cccc(Cl)c3)cc12. The summed E-state index contributed by atoms with van der Waals surface area (Å²) in [4.78, 5) is 57.6. The molecule has 220 valence electrons. The lowest BCUT2D eigenvalue weighted by Gasteiger charge is -2.34. The van der Waals surface area contributed by atoms with Crippen molar-refractivity contribution < 1.29 is 19.2 Å². The number of nitrogens with zero attached hydrogens (tertiary/aromatic N) is 4. The Bertz CT molecular complexity index is 1780. The third kappa shape index (κ3) is 5.84. The van der Waals surface area contributed by atoms with Crippen molar-refractivity contribution in [2.75, 3.05) is 16.0 Å². The zero-order chi connectivity index (χ0) is 30.2. The van der Waals surface area contributed by atoms with Crippen molar-refractivity contribution in [1.82, 2.24) is 19.7 Å². The third-order valence-electron chi connectivity index (χ3n) is 7.72. The Labute approximate surface area is 255 Å². The third-order valence-corrected chi connectivity index (χ3v) is 8.16. The van der Waals surface area contributed by atoms with Crippen molar-refractivity contribution in [1.29, 1.82) is 0 Å². The molecule has 2 bridgehead atoms. The van der Waals surface area contributed by atoms with Crippen LogP contribution < -0.4 is 21.7 Å². The highest BCUT2D eigenvalue weighted by atomic mass is 35.5. The summed E-state index contributed by atoms with van der Waals surface area (Å²) in [6, 6.07) is 15.2. The predicted molar refractivity (Wildman–Crippen MR) is 162 cm³/mol. The van der Waals surface area contributed by atoms with Gasteiger partial charge in [0.1, 0.15) is 23.6 Å². The van der Waals surface area contributed by atoms with Gasteiger partial charge in [0.25, 0.3) is 5.91 Å². The van der Waals surface area contributed by atoms with Gasteiger partial charge in [-0.05, 0) is 73.7 Å². The minimum Gasteiger partial charge on any atom is -0.364 e. The molecule has 5 N–H and O–H groups in total. The minimum atomic E-state index is -0.789. The molecule has 2 aliphatic rings. The van der Waals surface area contributed by atoms with Crippen LogP contribution >= 0.6 is 23.2 Å². The number of amides is 5. The molecule has 2 aromatic carbocycles. The summed E-state index contributed by atoms with van der Waals surface area (Å²) in [6.45, 7) is -0.214. The number of nitrogens with one attached hydrogen (secondary N) is 3. The number of halogens is 2. The van der Waals surface area contributed by atoms with Gasteiger partial charge in [-0.2, -0.15) is 5.10 Å². The summed E-state index contributed by atoms with van der Waals surface area (Å²) in [7, 11) is 0.